The van der Waals surface area contributed by atoms with Gasteiger partial charge in [-0.25, -0.2) is 0 Å². The van der Waals surface area contributed by atoms with Gasteiger partial charge in [-0.15, -0.1) is 0 Å². The number of pyridine rings is 1. The third-order valence-corrected chi connectivity index (χ3v) is 3.49. The van der Waals surface area contributed by atoms with Gasteiger partial charge in [0.25, 0.3) is 5.91 Å². The Labute approximate surface area is 121 Å². The van der Waals surface area contributed by atoms with Crippen LogP contribution in [0.4, 0.5) is 5.69 Å². The van der Waals surface area contributed by atoms with E-state index < -0.39 is 0 Å². The summed E-state index contributed by atoms with van der Waals surface area (Å²) in [4.78, 5) is 12.1. The molecule has 98 valence electrons. The van der Waals surface area contributed by atoms with Crippen LogP contribution in [0.1, 0.15) is 18.5 Å². The predicted molar refractivity (Wildman–Crippen MR) is 78.9 cm³/mol. The van der Waals surface area contributed by atoms with Crippen LogP contribution in [0.3, 0.4) is 0 Å². The number of aromatic nitrogens is 1. The van der Waals surface area contributed by atoms with Gasteiger partial charge in [0.05, 0.1) is 0 Å². The first kappa shape index (κ1) is 13.7. The van der Waals surface area contributed by atoms with Crippen molar-refractivity contribution < 1.29 is 9.36 Å². The first-order chi connectivity index (χ1) is 9.06. The maximum absolute atomic E-state index is 12.1. The Hall–Kier alpha value is -1.68. The number of carbonyl (C=O) groups is 1. The van der Waals surface area contributed by atoms with Crippen LogP contribution in [0, 0.1) is 6.92 Å². The lowest BCUT2D eigenvalue weighted by molar-refractivity contribution is -0.705. The fraction of sp³-hybridized carbons (Fsp3) is 0.200. The molecule has 3 nitrogen and oxygen atoms in total. The summed E-state index contributed by atoms with van der Waals surface area (Å²) in [5, 5.41) is 2.90. The van der Waals surface area contributed by atoms with E-state index in [-0.39, 0.29) is 11.9 Å². The average molecular weight is 320 g/mol. The van der Waals surface area contributed by atoms with Crippen molar-refractivity contribution in [2.45, 2.75) is 19.9 Å². The minimum absolute atomic E-state index is 0.0313. The Bertz CT molecular complexity index is 564. The Morgan fingerprint density at radius 3 is 2.32 bits per heavy atom. The molecular formula is C15H16BrN2O+. The van der Waals surface area contributed by atoms with Gasteiger partial charge in [0, 0.05) is 29.2 Å². The Morgan fingerprint density at radius 2 is 1.74 bits per heavy atom. The van der Waals surface area contributed by atoms with E-state index in [1.54, 1.807) is 0 Å². The first-order valence-corrected chi connectivity index (χ1v) is 6.89. The van der Waals surface area contributed by atoms with Gasteiger partial charge in [-0.2, -0.15) is 4.57 Å². The molecule has 0 radical (unpaired) electrons. The number of benzene rings is 1. The van der Waals surface area contributed by atoms with Crippen molar-refractivity contribution in [1.29, 1.82) is 0 Å². The number of nitrogens with zero attached hydrogens (tertiary/aromatic N) is 1. The summed E-state index contributed by atoms with van der Waals surface area (Å²) in [5.41, 5.74) is 1.98. The Kier molecular flexibility index (Phi) is 4.32. The van der Waals surface area contributed by atoms with Crippen molar-refractivity contribution in [3.8, 4) is 0 Å². The molecule has 0 saturated carbocycles. The van der Waals surface area contributed by atoms with Crippen molar-refractivity contribution in [2.75, 3.05) is 5.32 Å². The van der Waals surface area contributed by atoms with Gasteiger partial charge >= 0.3 is 0 Å². The van der Waals surface area contributed by atoms with Crippen LogP contribution in [0.25, 0.3) is 0 Å². The lowest BCUT2D eigenvalue weighted by atomic mass is 10.2. The average Bonchev–Trinajstić information content (AvgIpc) is 2.41. The Balaban J connectivity index is 2.07. The number of hydrogen-bond acceptors (Lipinski definition) is 1. The molecule has 4 heteroatoms. The molecular weight excluding hydrogens is 304 g/mol. The highest BCUT2D eigenvalue weighted by Gasteiger charge is 2.21. The molecule has 0 saturated heterocycles. The molecule has 1 amide bonds. The van der Waals surface area contributed by atoms with Crippen molar-refractivity contribution in [1.82, 2.24) is 0 Å². The topological polar surface area (TPSA) is 33.0 Å². The van der Waals surface area contributed by atoms with E-state index in [1.807, 2.05) is 67.2 Å². The van der Waals surface area contributed by atoms with Crippen molar-refractivity contribution in [3.05, 3.63) is 58.8 Å². The van der Waals surface area contributed by atoms with Crippen molar-refractivity contribution >= 4 is 27.5 Å². The van der Waals surface area contributed by atoms with Gasteiger partial charge in [0.1, 0.15) is 0 Å². The number of amides is 1. The van der Waals surface area contributed by atoms with Crippen LogP contribution in [0.5, 0.6) is 0 Å². The van der Waals surface area contributed by atoms with E-state index in [9.17, 15) is 4.79 Å². The number of halogens is 1. The van der Waals surface area contributed by atoms with Crippen LogP contribution in [-0.2, 0) is 4.79 Å². The summed E-state index contributed by atoms with van der Waals surface area (Å²) in [6, 6.07) is 11.3. The van der Waals surface area contributed by atoms with Gasteiger partial charge in [0.2, 0.25) is 6.04 Å². The summed E-state index contributed by atoms with van der Waals surface area (Å²) in [5.74, 6) is -0.0313. The molecule has 1 aromatic carbocycles. The molecule has 1 N–H and O–H groups in total. The lowest BCUT2D eigenvalue weighted by Crippen LogP contribution is -2.43. The first-order valence-electron chi connectivity index (χ1n) is 6.10. The second kappa shape index (κ2) is 5.97. The minimum Gasteiger partial charge on any atom is -0.320 e. The van der Waals surface area contributed by atoms with Crippen molar-refractivity contribution in [3.63, 3.8) is 0 Å². The van der Waals surface area contributed by atoms with Crippen molar-refractivity contribution in [2.24, 2.45) is 0 Å². The van der Waals surface area contributed by atoms with E-state index in [1.165, 1.54) is 5.56 Å². The minimum atomic E-state index is -0.246. The fourth-order valence-electron chi connectivity index (χ4n) is 1.69. The van der Waals surface area contributed by atoms with E-state index >= 15 is 0 Å². The van der Waals surface area contributed by atoms with E-state index in [0.29, 0.717) is 0 Å². The van der Waals surface area contributed by atoms with Gasteiger partial charge in [-0.05, 0) is 36.8 Å². The maximum Gasteiger partial charge on any atom is 0.293 e. The standard InChI is InChI=1S/C15H15BrN2O/c1-11-7-9-18(10-8-11)12(2)15(19)17-14-5-3-13(16)4-6-14/h3-10,12H,1-2H3/p+1/t12-/m0/s1. The number of hydrogen-bond donors (Lipinski definition) is 1. The van der Waals surface area contributed by atoms with Crippen LogP contribution in [0.15, 0.2) is 53.3 Å². The fourth-order valence-corrected chi connectivity index (χ4v) is 1.95. The molecule has 0 spiro atoms. The molecule has 0 fully saturated rings. The molecule has 0 unspecified atom stereocenters. The predicted octanol–water partition coefficient (Wildman–Crippen LogP) is 3.24. The summed E-state index contributed by atoms with van der Waals surface area (Å²) in [6.07, 6.45) is 3.84. The third-order valence-electron chi connectivity index (χ3n) is 2.96. The highest BCUT2D eigenvalue weighted by molar-refractivity contribution is 9.10. The zero-order chi connectivity index (χ0) is 13.8. The molecule has 1 aromatic heterocycles. The number of rotatable bonds is 3. The zero-order valence-electron chi connectivity index (χ0n) is 10.9. The molecule has 1 atom stereocenters. The summed E-state index contributed by atoms with van der Waals surface area (Å²) in [6.45, 7) is 3.90. The lowest BCUT2D eigenvalue weighted by Gasteiger charge is -2.08. The van der Waals surface area contributed by atoms with Crippen LogP contribution >= 0.6 is 15.9 Å². The number of aryl methyl sites for hydroxylation is 1. The summed E-state index contributed by atoms with van der Waals surface area (Å²) >= 11 is 3.37. The molecule has 2 rings (SSSR count). The van der Waals surface area contributed by atoms with Crippen LogP contribution in [0.2, 0.25) is 0 Å². The normalized spacial score (nSPS) is 11.9. The third kappa shape index (κ3) is 3.64. The van der Waals surface area contributed by atoms with E-state index in [0.717, 1.165) is 10.2 Å². The monoisotopic (exact) mass is 319 g/mol. The number of nitrogens with one attached hydrogen (secondary N) is 1. The molecule has 0 aliphatic heterocycles. The largest absolute Gasteiger partial charge is 0.320 e. The zero-order valence-corrected chi connectivity index (χ0v) is 12.5. The van der Waals surface area contributed by atoms with E-state index in [2.05, 4.69) is 21.2 Å². The second-order valence-electron chi connectivity index (χ2n) is 4.49. The SMILES string of the molecule is Cc1cc[n+]([C@@H](C)C(=O)Nc2ccc(Br)cc2)cc1. The van der Waals surface area contributed by atoms with Gasteiger partial charge < -0.3 is 5.32 Å². The maximum atomic E-state index is 12.1. The number of anilines is 1. The quantitative estimate of drug-likeness (QED) is 0.865. The highest BCUT2D eigenvalue weighted by Crippen LogP contribution is 2.14. The van der Waals surface area contributed by atoms with Gasteiger partial charge in [-0.1, -0.05) is 15.9 Å². The number of carbonyl (C=O) groups excluding carboxylic acids is 1. The highest BCUT2D eigenvalue weighted by atomic mass is 79.9. The molecule has 0 aliphatic rings. The van der Waals surface area contributed by atoms with Crippen LogP contribution < -0.4 is 9.88 Å². The van der Waals surface area contributed by atoms with Gasteiger partial charge in [-0.3, -0.25) is 4.79 Å². The molecule has 2 aromatic rings. The summed E-state index contributed by atoms with van der Waals surface area (Å²) < 4.78 is 2.88. The molecule has 0 aliphatic carbocycles. The smallest absolute Gasteiger partial charge is 0.293 e. The molecule has 19 heavy (non-hydrogen) atoms. The molecule has 1 heterocycles. The molecule has 0 bridgehead atoms. The second-order valence-corrected chi connectivity index (χ2v) is 5.41. The van der Waals surface area contributed by atoms with Crippen LogP contribution in [-0.4, -0.2) is 5.91 Å². The summed E-state index contributed by atoms with van der Waals surface area (Å²) in [7, 11) is 0. The Morgan fingerprint density at radius 1 is 1.16 bits per heavy atom. The van der Waals surface area contributed by atoms with Gasteiger partial charge in [0.15, 0.2) is 12.4 Å². The van der Waals surface area contributed by atoms with E-state index in [4.69, 9.17) is 0 Å².